The van der Waals surface area contributed by atoms with Crippen LogP contribution in [0.15, 0.2) is 0 Å². The van der Waals surface area contributed by atoms with Crippen molar-refractivity contribution >= 4 is 0 Å². The smallest absolute Gasteiger partial charge is 0.0558 e. The Kier molecular flexibility index (Phi) is 7.33. The lowest BCUT2D eigenvalue weighted by molar-refractivity contribution is 0.0543. The van der Waals surface area contributed by atoms with E-state index < -0.39 is 0 Å². The number of nitrogens with two attached hydrogens (primary N) is 1. The summed E-state index contributed by atoms with van der Waals surface area (Å²) in [4.78, 5) is 2.49. The van der Waals surface area contributed by atoms with Gasteiger partial charge in [0.2, 0.25) is 0 Å². The van der Waals surface area contributed by atoms with Gasteiger partial charge in [0.25, 0.3) is 0 Å². The van der Waals surface area contributed by atoms with E-state index in [-0.39, 0.29) is 6.61 Å². The summed E-state index contributed by atoms with van der Waals surface area (Å²) in [6, 6.07) is 0.593. The standard InChI is InChI=1S/C16H34N2O/c1-4-15(5-2)18(10-11-19)13-16(12-17)8-6-14(3)7-9-16/h14-15,19H,4-13,17H2,1-3H3. The van der Waals surface area contributed by atoms with Crippen LogP contribution in [-0.4, -0.2) is 42.3 Å². The molecule has 0 atom stereocenters. The first-order chi connectivity index (χ1) is 9.10. The van der Waals surface area contributed by atoms with Gasteiger partial charge in [0.1, 0.15) is 0 Å². The summed E-state index contributed by atoms with van der Waals surface area (Å²) >= 11 is 0. The number of nitrogens with zero attached hydrogens (tertiary/aromatic N) is 1. The van der Waals surface area contributed by atoms with Gasteiger partial charge in [0.05, 0.1) is 6.61 Å². The second-order valence-electron chi connectivity index (χ2n) is 6.55. The summed E-state index contributed by atoms with van der Waals surface area (Å²) in [5.74, 6) is 0.860. The first-order valence-corrected chi connectivity index (χ1v) is 8.15. The Hall–Kier alpha value is -0.120. The Morgan fingerprint density at radius 2 is 1.84 bits per heavy atom. The van der Waals surface area contributed by atoms with Crippen molar-refractivity contribution in [1.82, 2.24) is 4.90 Å². The molecule has 1 aliphatic rings. The average Bonchev–Trinajstić information content (AvgIpc) is 2.43. The minimum absolute atomic E-state index is 0.257. The van der Waals surface area contributed by atoms with Crippen LogP contribution in [0.25, 0.3) is 0 Å². The first kappa shape index (κ1) is 16.9. The van der Waals surface area contributed by atoms with E-state index in [1.165, 1.54) is 25.7 Å². The Morgan fingerprint density at radius 3 is 2.26 bits per heavy atom. The van der Waals surface area contributed by atoms with Crippen molar-refractivity contribution in [3.8, 4) is 0 Å². The van der Waals surface area contributed by atoms with E-state index in [4.69, 9.17) is 5.73 Å². The SMILES string of the molecule is CCC(CC)N(CCO)CC1(CN)CCC(C)CC1. The van der Waals surface area contributed by atoms with E-state index in [9.17, 15) is 5.11 Å². The average molecular weight is 270 g/mol. The molecule has 1 rings (SSSR count). The molecule has 3 N–H and O–H groups in total. The molecule has 1 fully saturated rings. The van der Waals surface area contributed by atoms with Crippen LogP contribution >= 0.6 is 0 Å². The maximum Gasteiger partial charge on any atom is 0.0558 e. The van der Waals surface area contributed by atoms with Crippen LogP contribution in [0.3, 0.4) is 0 Å². The van der Waals surface area contributed by atoms with Crippen molar-refractivity contribution in [3.05, 3.63) is 0 Å². The molecule has 0 aromatic carbocycles. The largest absolute Gasteiger partial charge is 0.395 e. The molecular weight excluding hydrogens is 236 g/mol. The van der Waals surface area contributed by atoms with Gasteiger partial charge < -0.3 is 10.8 Å². The zero-order chi connectivity index (χ0) is 14.3. The fourth-order valence-electron chi connectivity index (χ4n) is 3.56. The predicted molar refractivity (Wildman–Crippen MR) is 82.1 cm³/mol. The highest BCUT2D eigenvalue weighted by Crippen LogP contribution is 2.39. The molecule has 0 unspecified atom stereocenters. The summed E-state index contributed by atoms with van der Waals surface area (Å²) in [7, 11) is 0. The molecule has 0 saturated heterocycles. The number of aliphatic hydroxyl groups excluding tert-OH is 1. The van der Waals surface area contributed by atoms with Crippen molar-refractivity contribution < 1.29 is 5.11 Å². The highest BCUT2D eigenvalue weighted by Gasteiger charge is 2.35. The predicted octanol–water partition coefficient (Wildman–Crippen LogP) is 2.62. The molecule has 19 heavy (non-hydrogen) atoms. The first-order valence-electron chi connectivity index (χ1n) is 8.15. The Labute approximate surface area is 119 Å². The number of hydrogen-bond acceptors (Lipinski definition) is 3. The van der Waals surface area contributed by atoms with Gasteiger partial charge in [-0.25, -0.2) is 0 Å². The maximum atomic E-state index is 9.33. The second kappa shape index (κ2) is 8.23. The Balaban J connectivity index is 2.69. The highest BCUT2D eigenvalue weighted by atomic mass is 16.3. The van der Waals surface area contributed by atoms with E-state index in [2.05, 4.69) is 25.7 Å². The molecule has 0 radical (unpaired) electrons. The van der Waals surface area contributed by atoms with Gasteiger partial charge in [-0.1, -0.05) is 33.6 Å². The monoisotopic (exact) mass is 270 g/mol. The lowest BCUT2D eigenvalue weighted by atomic mass is 9.70. The van der Waals surface area contributed by atoms with Crippen LogP contribution in [0.1, 0.15) is 59.3 Å². The van der Waals surface area contributed by atoms with Crippen LogP contribution in [0.2, 0.25) is 0 Å². The van der Waals surface area contributed by atoms with E-state index >= 15 is 0 Å². The maximum absolute atomic E-state index is 9.33. The second-order valence-corrected chi connectivity index (χ2v) is 6.55. The van der Waals surface area contributed by atoms with Crippen molar-refractivity contribution in [2.45, 2.75) is 65.3 Å². The molecular formula is C16H34N2O. The third-order valence-electron chi connectivity index (χ3n) is 5.15. The molecule has 3 nitrogen and oxygen atoms in total. The van der Waals surface area contributed by atoms with E-state index in [0.717, 1.165) is 38.4 Å². The molecule has 0 aromatic rings. The highest BCUT2D eigenvalue weighted by molar-refractivity contribution is 4.89. The molecule has 0 aliphatic heterocycles. The van der Waals surface area contributed by atoms with Gasteiger partial charge in [0.15, 0.2) is 0 Å². The number of rotatable bonds is 8. The summed E-state index contributed by atoms with van der Waals surface area (Å²) < 4.78 is 0. The van der Waals surface area contributed by atoms with Crippen molar-refractivity contribution in [2.75, 3.05) is 26.2 Å². The Bertz CT molecular complexity index is 233. The van der Waals surface area contributed by atoms with Crippen LogP contribution in [0.5, 0.6) is 0 Å². The third kappa shape index (κ3) is 4.73. The number of aliphatic hydroxyl groups is 1. The van der Waals surface area contributed by atoms with Gasteiger partial charge in [-0.15, -0.1) is 0 Å². The van der Waals surface area contributed by atoms with Gasteiger partial charge in [-0.3, -0.25) is 4.90 Å². The van der Waals surface area contributed by atoms with E-state index in [1.807, 2.05) is 0 Å². The fourth-order valence-corrected chi connectivity index (χ4v) is 3.56. The fraction of sp³-hybridized carbons (Fsp3) is 1.00. The summed E-state index contributed by atoms with van der Waals surface area (Å²) in [6.07, 6.45) is 7.46. The normalized spacial score (nSPS) is 28.3. The van der Waals surface area contributed by atoms with Gasteiger partial charge in [0, 0.05) is 19.1 Å². The zero-order valence-corrected chi connectivity index (χ0v) is 13.2. The van der Waals surface area contributed by atoms with Crippen LogP contribution in [-0.2, 0) is 0 Å². The van der Waals surface area contributed by atoms with Crippen LogP contribution in [0, 0.1) is 11.3 Å². The summed E-state index contributed by atoms with van der Waals surface area (Å²) in [5.41, 5.74) is 6.42. The molecule has 0 spiro atoms. The third-order valence-corrected chi connectivity index (χ3v) is 5.15. The molecule has 0 heterocycles. The van der Waals surface area contributed by atoms with Crippen LogP contribution in [0.4, 0.5) is 0 Å². The number of hydrogen-bond donors (Lipinski definition) is 2. The minimum atomic E-state index is 0.257. The van der Waals surface area contributed by atoms with Crippen molar-refractivity contribution in [3.63, 3.8) is 0 Å². The van der Waals surface area contributed by atoms with Gasteiger partial charge in [-0.05, 0) is 43.6 Å². The topological polar surface area (TPSA) is 49.5 Å². The molecule has 1 aliphatic carbocycles. The molecule has 0 aromatic heterocycles. The molecule has 1 saturated carbocycles. The van der Waals surface area contributed by atoms with E-state index in [1.54, 1.807) is 0 Å². The quantitative estimate of drug-likeness (QED) is 0.713. The molecule has 0 amide bonds. The molecule has 0 bridgehead atoms. The zero-order valence-electron chi connectivity index (χ0n) is 13.2. The van der Waals surface area contributed by atoms with Crippen molar-refractivity contribution in [1.29, 1.82) is 0 Å². The Morgan fingerprint density at radius 1 is 1.26 bits per heavy atom. The molecule has 114 valence electrons. The lowest BCUT2D eigenvalue weighted by Gasteiger charge is -2.44. The summed E-state index contributed by atoms with van der Waals surface area (Å²) in [6.45, 7) is 9.77. The minimum Gasteiger partial charge on any atom is -0.395 e. The van der Waals surface area contributed by atoms with Gasteiger partial charge in [-0.2, -0.15) is 0 Å². The summed E-state index contributed by atoms with van der Waals surface area (Å²) in [5, 5.41) is 9.33. The van der Waals surface area contributed by atoms with Crippen LogP contribution < -0.4 is 5.73 Å². The molecule has 3 heteroatoms. The lowest BCUT2D eigenvalue weighted by Crippen LogP contribution is -2.48. The van der Waals surface area contributed by atoms with E-state index in [0.29, 0.717) is 11.5 Å². The van der Waals surface area contributed by atoms with Gasteiger partial charge >= 0.3 is 0 Å². The van der Waals surface area contributed by atoms with Crippen molar-refractivity contribution in [2.24, 2.45) is 17.1 Å².